The van der Waals surface area contributed by atoms with Crippen LogP contribution in [0.2, 0.25) is 0 Å². The maximum absolute atomic E-state index is 11.6. The lowest BCUT2D eigenvalue weighted by Crippen LogP contribution is -2.43. The van der Waals surface area contributed by atoms with Gasteiger partial charge in [-0.25, -0.2) is 4.79 Å². The summed E-state index contributed by atoms with van der Waals surface area (Å²) in [6.45, 7) is 13.6. The molecule has 0 spiro atoms. The molecule has 1 amide bonds. The number of hydrogen-bond donors (Lipinski definition) is 2. The van der Waals surface area contributed by atoms with Gasteiger partial charge < -0.3 is 20.1 Å². The Kier molecular flexibility index (Phi) is 10.4. The molecule has 22 heavy (non-hydrogen) atoms. The van der Waals surface area contributed by atoms with Crippen LogP contribution in [0.1, 0.15) is 60.8 Å². The summed E-state index contributed by atoms with van der Waals surface area (Å²) in [5.41, 5.74) is -0.449. The first kappa shape index (κ1) is 21.2. The number of carbonyl (C=O) groups is 1. The Morgan fingerprint density at radius 1 is 1.23 bits per heavy atom. The summed E-state index contributed by atoms with van der Waals surface area (Å²) in [6.07, 6.45) is 2.62. The van der Waals surface area contributed by atoms with Gasteiger partial charge in [-0.15, -0.1) is 0 Å². The highest BCUT2D eigenvalue weighted by atomic mass is 16.6. The standard InChI is InChI=1S/C17H36N2O3/c1-8-15(13(2)3)19-14(12-21-7)10-9-11-18-16(20)22-17(4,5)6/h13-15,19H,8-12H2,1-7H3,(H,18,20). The molecule has 0 saturated carbocycles. The third kappa shape index (κ3) is 10.9. The molecule has 0 aliphatic rings. The first-order valence-electron chi connectivity index (χ1n) is 8.41. The number of amides is 1. The highest BCUT2D eigenvalue weighted by Gasteiger charge is 2.18. The van der Waals surface area contributed by atoms with Crippen molar-refractivity contribution in [2.75, 3.05) is 20.3 Å². The van der Waals surface area contributed by atoms with Gasteiger partial charge in [-0.05, 0) is 46.0 Å². The third-order valence-electron chi connectivity index (χ3n) is 3.46. The molecule has 0 radical (unpaired) electrons. The van der Waals surface area contributed by atoms with Crippen molar-refractivity contribution >= 4 is 6.09 Å². The molecule has 0 aliphatic carbocycles. The molecule has 0 aliphatic heterocycles. The average Bonchev–Trinajstić information content (AvgIpc) is 2.38. The minimum Gasteiger partial charge on any atom is -0.444 e. The molecule has 5 heteroatoms. The van der Waals surface area contributed by atoms with Crippen LogP contribution in [0.25, 0.3) is 0 Å². The Morgan fingerprint density at radius 3 is 2.32 bits per heavy atom. The first-order chi connectivity index (χ1) is 10.2. The molecule has 132 valence electrons. The van der Waals surface area contributed by atoms with Crippen LogP contribution in [-0.2, 0) is 9.47 Å². The van der Waals surface area contributed by atoms with Gasteiger partial charge in [-0.3, -0.25) is 0 Å². The SMILES string of the molecule is CCC(NC(CCCNC(=O)OC(C)(C)C)COC)C(C)C. The topological polar surface area (TPSA) is 59.6 Å². The lowest BCUT2D eigenvalue weighted by Gasteiger charge is -2.27. The van der Waals surface area contributed by atoms with Gasteiger partial charge in [0.05, 0.1) is 6.61 Å². The summed E-state index contributed by atoms with van der Waals surface area (Å²) in [6, 6.07) is 0.816. The monoisotopic (exact) mass is 316 g/mol. The summed E-state index contributed by atoms with van der Waals surface area (Å²) in [4.78, 5) is 11.6. The smallest absolute Gasteiger partial charge is 0.407 e. The molecule has 0 bridgehead atoms. The minimum atomic E-state index is -0.449. The van der Waals surface area contributed by atoms with E-state index in [0.717, 1.165) is 19.3 Å². The van der Waals surface area contributed by atoms with Crippen LogP contribution in [-0.4, -0.2) is 44.0 Å². The van der Waals surface area contributed by atoms with E-state index in [0.29, 0.717) is 31.2 Å². The van der Waals surface area contributed by atoms with Gasteiger partial charge in [0, 0.05) is 25.7 Å². The van der Waals surface area contributed by atoms with Gasteiger partial charge in [0.2, 0.25) is 0 Å². The van der Waals surface area contributed by atoms with Crippen LogP contribution in [0.15, 0.2) is 0 Å². The molecular formula is C17H36N2O3. The van der Waals surface area contributed by atoms with Crippen molar-refractivity contribution in [3.63, 3.8) is 0 Å². The van der Waals surface area contributed by atoms with E-state index in [-0.39, 0.29) is 6.09 Å². The molecule has 0 heterocycles. The maximum atomic E-state index is 11.6. The highest BCUT2D eigenvalue weighted by molar-refractivity contribution is 5.67. The highest BCUT2D eigenvalue weighted by Crippen LogP contribution is 2.09. The zero-order valence-electron chi connectivity index (χ0n) is 15.5. The predicted molar refractivity (Wildman–Crippen MR) is 91.2 cm³/mol. The number of alkyl carbamates (subject to hydrolysis) is 1. The number of methoxy groups -OCH3 is 1. The Balaban J connectivity index is 4.07. The fraction of sp³-hybridized carbons (Fsp3) is 0.941. The average molecular weight is 316 g/mol. The number of rotatable bonds is 10. The molecule has 0 fully saturated rings. The molecular weight excluding hydrogens is 280 g/mol. The van der Waals surface area contributed by atoms with E-state index in [1.165, 1.54) is 0 Å². The Hall–Kier alpha value is -0.810. The zero-order chi connectivity index (χ0) is 17.2. The largest absolute Gasteiger partial charge is 0.444 e. The molecule has 0 rings (SSSR count). The van der Waals surface area contributed by atoms with E-state index in [2.05, 4.69) is 31.4 Å². The van der Waals surface area contributed by atoms with Crippen molar-refractivity contribution in [1.82, 2.24) is 10.6 Å². The Labute approximate surface area is 136 Å². The van der Waals surface area contributed by atoms with E-state index in [9.17, 15) is 4.79 Å². The number of ether oxygens (including phenoxy) is 2. The van der Waals surface area contributed by atoms with Crippen LogP contribution in [0, 0.1) is 5.92 Å². The second-order valence-electron chi connectivity index (χ2n) is 7.15. The summed E-state index contributed by atoms with van der Waals surface area (Å²) < 4.78 is 10.5. The molecule has 2 N–H and O–H groups in total. The normalized spacial score (nSPS) is 14.7. The van der Waals surface area contributed by atoms with Crippen molar-refractivity contribution in [1.29, 1.82) is 0 Å². The zero-order valence-corrected chi connectivity index (χ0v) is 15.5. The summed E-state index contributed by atoms with van der Waals surface area (Å²) in [5.74, 6) is 0.601. The van der Waals surface area contributed by atoms with Crippen molar-refractivity contribution in [3.05, 3.63) is 0 Å². The van der Waals surface area contributed by atoms with E-state index in [4.69, 9.17) is 9.47 Å². The van der Waals surface area contributed by atoms with Gasteiger partial charge in [-0.1, -0.05) is 20.8 Å². The second kappa shape index (κ2) is 10.8. The summed E-state index contributed by atoms with van der Waals surface area (Å²) >= 11 is 0. The van der Waals surface area contributed by atoms with Crippen molar-refractivity contribution < 1.29 is 14.3 Å². The molecule has 0 aromatic carbocycles. The van der Waals surface area contributed by atoms with Crippen molar-refractivity contribution in [2.24, 2.45) is 5.92 Å². The predicted octanol–water partition coefficient (Wildman–Crippen LogP) is 3.33. The Bertz CT molecular complexity index is 301. The van der Waals surface area contributed by atoms with E-state index >= 15 is 0 Å². The molecule has 2 atom stereocenters. The van der Waals surface area contributed by atoms with Gasteiger partial charge in [0.1, 0.15) is 5.60 Å². The Morgan fingerprint density at radius 2 is 1.86 bits per heavy atom. The maximum Gasteiger partial charge on any atom is 0.407 e. The lowest BCUT2D eigenvalue weighted by atomic mass is 10.00. The van der Waals surface area contributed by atoms with Gasteiger partial charge in [0.15, 0.2) is 0 Å². The lowest BCUT2D eigenvalue weighted by molar-refractivity contribution is 0.0526. The fourth-order valence-electron chi connectivity index (χ4n) is 2.35. The minimum absolute atomic E-state index is 0.317. The van der Waals surface area contributed by atoms with Crippen LogP contribution in [0.3, 0.4) is 0 Å². The third-order valence-corrected chi connectivity index (χ3v) is 3.46. The van der Waals surface area contributed by atoms with E-state index < -0.39 is 5.60 Å². The van der Waals surface area contributed by atoms with Crippen molar-refractivity contribution in [3.8, 4) is 0 Å². The molecule has 5 nitrogen and oxygen atoms in total. The van der Waals surface area contributed by atoms with Crippen LogP contribution in [0.5, 0.6) is 0 Å². The molecule has 0 aromatic rings. The van der Waals surface area contributed by atoms with Crippen molar-refractivity contribution in [2.45, 2.75) is 78.5 Å². The number of nitrogens with one attached hydrogen (secondary N) is 2. The van der Waals surface area contributed by atoms with Crippen LogP contribution >= 0.6 is 0 Å². The fourth-order valence-corrected chi connectivity index (χ4v) is 2.35. The van der Waals surface area contributed by atoms with E-state index in [1.54, 1.807) is 7.11 Å². The first-order valence-corrected chi connectivity index (χ1v) is 8.41. The summed E-state index contributed by atoms with van der Waals surface area (Å²) in [7, 11) is 1.73. The van der Waals surface area contributed by atoms with Crippen LogP contribution in [0.4, 0.5) is 4.79 Å². The molecule has 0 aromatic heterocycles. The summed E-state index contributed by atoms with van der Waals surface area (Å²) in [5, 5.41) is 6.46. The van der Waals surface area contributed by atoms with Crippen LogP contribution < -0.4 is 10.6 Å². The number of hydrogen-bond acceptors (Lipinski definition) is 4. The van der Waals surface area contributed by atoms with Gasteiger partial charge in [-0.2, -0.15) is 0 Å². The second-order valence-corrected chi connectivity index (χ2v) is 7.15. The number of carbonyl (C=O) groups excluding carboxylic acids is 1. The molecule has 2 unspecified atom stereocenters. The van der Waals surface area contributed by atoms with Gasteiger partial charge in [0.25, 0.3) is 0 Å². The molecule has 0 saturated heterocycles. The quantitative estimate of drug-likeness (QED) is 0.607. The van der Waals surface area contributed by atoms with Gasteiger partial charge >= 0.3 is 6.09 Å². The van der Waals surface area contributed by atoms with E-state index in [1.807, 2.05) is 20.8 Å².